The van der Waals surface area contributed by atoms with Crippen molar-refractivity contribution < 1.29 is 4.92 Å². The van der Waals surface area contributed by atoms with Gasteiger partial charge in [-0.15, -0.1) is 0 Å². The Labute approximate surface area is 107 Å². The number of nitrogens with zero attached hydrogens (tertiary/aromatic N) is 4. The first kappa shape index (κ1) is 14.4. The quantitative estimate of drug-likeness (QED) is 0.584. The highest BCUT2D eigenvalue weighted by atomic mass is 16.6. The molecule has 0 atom stereocenters. The topological polar surface area (TPSA) is 76.2 Å². The Balaban J connectivity index is 3.14. The highest BCUT2D eigenvalue weighted by Crippen LogP contribution is 2.30. The predicted molar refractivity (Wildman–Crippen MR) is 71.1 cm³/mol. The maximum atomic E-state index is 11.1. The molecule has 1 aromatic rings. The Morgan fingerprint density at radius 3 is 2.72 bits per heavy atom. The molecule has 0 radical (unpaired) electrons. The Morgan fingerprint density at radius 1 is 1.56 bits per heavy atom. The number of aryl methyl sites for hydroxylation is 2. The van der Waals surface area contributed by atoms with Gasteiger partial charge in [-0.3, -0.25) is 10.1 Å². The number of likely N-dealkylation sites (N-methyl/N-ethyl adjacent to an activating group) is 2. The molecule has 0 aliphatic heterocycles. The minimum atomic E-state index is -0.348. The molecule has 0 fully saturated rings. The third kappa shape index (κ3) is 2.98. The fourth-order valence-electron chi connectivity index (χ4n) is 1.90. The van der Waals surface area contributed by atoms with Crippen LogP contribution >= 0.6 is 0 Å². The van der Waals surface area contributed by atoms with Crippen LogP contribution in [0.3, 0.4) is 0 Å². The first-order chi connectivity index (χ1) is 8.52. The van der Waals surface area contributed by atoms with Crippen LogP contribution in [0.25, 0.3) is 0 Å². The summed E-state index contributed by atoms with van der Waals surface area (Å²) in [5.41, 5.74) is 0.585. The summed E-state index contributed by atoms with van der Waals surface area (Å²) in [7, 11) is 3.71. The molecular weight excluding hydrogens is 234 g/mol. The third-order valence-electron chi connectivity index (χ3n) is 2.75. The monoisotopic (exact) mass is 255 g/mol. The van der Waals surface area contributed by atoms with Gasteiger partial charge >= 0.3 is 5.69 Å². The molecule has 1 N–H and O–H groups in total. The van der Waals surface area contributed by atoms with Crippen LogP contribution in [0.5, 0.6) is 0 Å². The van der Waals surface area contributed by atoms with Gasteiger partial charge in [0.15, 0.2) is 0 Å². The molecule has 1 heterocycles. The van der Waals surface area contributed by atoms with E-state index >= 15 is 0 Å². The molecule has 0 aliphatic carbocycles. The smallest absolute Gasteiger partial charge is 0.333 e. The van der Waals surface area contributed by atoms with Crippen LogP contribution < -0.4 is 10.2 Å². The number of hydrogen-bond acceptors (Lipinski definition) is 5. The lowest BCUT2D eigenvalue weighted by Crippen LogP contribution is -2.29. The highest BCUT2D eigenvalue weighted by molar-refractivity contribution is 5.61. The zero-order valence-electron chi connectivity index (χ0n) is 11.4. The van der Waals surface area contributed by atoms with Gasteiger partial charge in [0.1, 0.15) is 5.69 Å². The van der Waals surface area contributed by atoms with Crippen molar-refractivity contribution in [3.63, 3.8) is 0 Å². The SMILES string of the molecule is CCCn1nc(C)c([N+](=O)[O-])c1N(C)CCNC. The van der Waals surface area contributed by atoms with E-state index in [4.69, 9.17) is 0 Å². The van der Waals surface area contributed by atoms with Crippen molar-refractivity contribution in [2.24, 2.45) is 0 Å². The summed E-state index contributed by atoms with van der Waals surface area (Å²) in [6.45, 7) is 5.87. The fourth-order valence-corrected chi connectivity index (χ4v) is 1.90. The Kier molecular flexibility index (Phi) is 5.08. The van der Waals surface area contributed by atoms with Gasteiger partial charge < -0.3 is 10.2 Å². The van der Waals surface area contributed by atoms with E-state index in [9.17, 15) is 10.1 Å². The molecular formula is C11H21N5O2. The molecule has 1 rings (SSSR count). The molecule has 7 heteroatoms. The van der Waals surface area contributed by atoms with E-state index in [-0.39, 0.29) is 10.6 Å². The predicted octanol–water partition coefficient (Wildman–Crippen LogP) is 1.17. The van der Waals surface area contributed by atoms with Gasteiger partial charge in [-0.2, -0.15) is 5.10 Å². The molecule has 0 saturated heterocycles. The molecule has 0 bridgehead atoms. The van der Waals surface area contributed by atoms with E-state index in [1.807, 2.05) is 25.9 Å². The Hall–Kier alpha value is -1.63. The van der Waals surface area contributed by atoms with Crippen molar-refractivity contribution in [2.75, 3.05) is 32.1 Å². The molecule has 0 aliphatic rings. The summed E-state index contributed by atoms with van der Waals surface area (Å²) in [5.74, 6) is 0.592. The number of hydrogen-bond donors (Lipinski definition) is 1. The minimum Gasteiger partial charge on any atom is -0.353 e. The van der Waals surface area contributed by atoms with Gasteiger partial charge in [0, 0.05) is 26.7 Å². The molecule has 0 unspecified atom stereocenters. The van der Waals surface area contributed by atoms with Gasteiger partial charge in [0.25, 0.3) is 0 Å². The molecule has 1 aromatic heterocycles. The maximum absolute atomic E-state index is 11.1. The Morgan fingerprint density at radius 2 is 2.22 bits per heavy atom. The third-order valence-corrected chi connectivity index (χ3v) is 2.75. The van der Waals surface area contributed by atoms with E-state index in [1.165, 1.54) is 0 Å². The molecule has 18 heavy (non-hydrogen) atoms. The molecule has 0 spiro atoms. The van der Waals surface area contributed by atoms with Gasteiger partial charge in [-0.1, -0.05) is 6.92 Å². The Bertz CT molecular complexity index is 416. The first-order valence-electron chi connectivity index (χ1n) is 6.10. The summed E-state index contributed by atoms with van der Waals surface area (Å²) < 4.78 is 1.73. The van der Waals surface area contributed by atoms with E-state index in [2.05, 4.69) is 10.4 Å². The maximum Gasteiger partial charge on any atom is 0.333 e. The van der Waals surface area contributed by atoms with Crippen LogP contribution in [-0.2, 0) is 6.54 Å². The number of aromatic nitrogens is 2. The average Bonchev–Trinajstić information content (AvgIpc) is 2.63. The molecule has 0 saturated carbocycles. The van der Waals surface area contributed by atoms with Crippen LogP contribution in [0.4, 0.5) is 11.5 Å². The zero-order valence-corrected chi connectivity index (χ0v) is 11.4. The standard InChI is InChI=1S/C11H21N5O2/c1-5-7-15-11(14(4)8-6-12-3)10(16(17)18)9(2)13-15/h12H,5-8H2,1-4H3. The summed E-state index contributed by atoms with van der Waals surface area (Å²) in [5, 5.41) is 18.4. The second kappa shape index (κ2) is 6.34. The lowest BCUT2D eigenvalue weighted by atomic mass is 10.3. The highest BCUT2D eigenvalue weighted by Gasteiger charge is 2.27. The molecule has 0 aromatic carbocycles. The molecule has 102 valence electrons. The lowest BCUT2D eigenvalue weighted by molar-refractivity contribution is -0.384. The van der Waals surface area contributed by atoms with E-state index in [0.717, 1.165) is 13.0 Å². The van der Waals surface area contributed by atoms with Crippen molar-refractivity contribution >= 4 is 11.5 Å². The van der Waals surface area contributed by atoms with Gasteiger partial charge in [-0.25, -0.2) is 4.68 Å². The second-order valence-corrected chi connectivity index (χ2v) is 4.26. The first-order valence-corrected chi connectivity index (χ1v) is 6.10. The van der Waals surface area contributed by atoms with Crippen molar-refractivity contribution in [1.29, 1.82) is 0 Å². The van der Waals surface area contributed by atoms with E-state index < -0.39 is 0 Å². The van der Waals surface area contributed by atoms with Crippen molar-refractivity contribution in [2.45, 2.75) is 26.8 Å². The van der Waals surface area contributed by atoms with Crippen molar-refractivity contribution in [1.82, 2.24) is 15.1 Å². The van der Waals surface area contributed by atoms with Crippen molar-refractivity contribution in [3.8, 4) is 0 Å². The fraction of sp³-hybridized carbons (Fsp3) is 0.727. The van der Waals surface area contributed by atoms with E-state index in [1.54, 1.807) is 11.6 Å². The molecule has 0 amide bonds. The lowest BCUT2D eigenvalue weighted by Gasteiger charge is -2.19. The van der Waals surface area contributed by atoms with E-state index in [0.29, 0.717) is 24.6 Å². The number of anilines is 1. The second-order valence-electron chi connectivity index (χ2n) is 4.26. The van der Waals surface area contributed by atoms with Crippen LogP contribution in [0.1, 0.15) is 19.0 Å². The summed E-state index contributed by atoms with van der Waals surface area (Å²) in [6.07, 6.45) is 0.894. The summed E-state index contributed by atoms with van der Waals surface area (Å²) in [6, 6.07) is 0. The molecule has 7 nitrogen and oxygen atoms in total. The van der Waals surface area contributed by atoms with Gasteiger partial charge in [-0.05, 0) is 20.4 Å². The van der Waals surface area contributed by atoms with Crippen LogP contribution in [0.2, 0.25) is 0 Å². The van der Waals surface area contributed by atoms with Gasteiger partial charge in [0.05, 0.1) is 4.92 Å². The van der Waals surface area contributed by atoms with Crippen molar-refractivity contribution in [3.05, 3.63) is 15.8 Å². The normalized spacial score (nSPS) is 10.7. The minimum absolute atomic E-state index is 0.113. The van der Waals surface area contributed by atoms with Crippen LogP contribution in [0.15, 0.2) is 0 Å². The summed E-state index contributed by atoms with van der Waals surface area (Å²) in [4.78, 5) is 12.7. The number of rotatable bonds is 7. The number of nitro groups is 1. The largest absolute Gasteiger partial charge is 0.353 e. The average molecular weight is 255 g/mol. The van der Waals surface area contributed by atoms with Crippen LogP contribution in [0, 0.1) is 17.0 Å². The zero-order chi connectivity index (χ0) is 13.7. The van der Waals surface area contributed by atoms with Gasteiger partial charge in [0.2, 0.25) is 5.82 Å². The summed E-state index contributed by atoms with van der Waals surface area (Å²) >= 11 is 0. The van der Waals surface area contributed by atoms with Crippen LogP contribution in [-0.4, -0.2) is 41.9 Å². The number of nitrogens with one attached hydrogen (secondary N) is 1.